The van der Waals surface area contributed by atoms with Crippen LogP contribution in [0.15, 0.2) is 12.1 Å². The average Bonchev–Trinajstić information content (AvgIpc) is 2.58. The first kappa shape index (κ1) is 15.4. The molecule has 5 nitrogen and oxygen atoms in total. The molecule has 1 heterocycles. The van der Waals surface area contributed by atoms with Crippen LogP contribution in [0.2, 0.25) is 5.02 Å². The molecule has 20 heavy (non-hydrogen) atoms. The normalized spacial score (nSPS) is 16.6. The molecule has 0 radical (unpaired) electrons. The van der Waals surface area contributed by atoms with Crippen LogP contribution in [0, 0.1) is 0 Å². The Labute approximate surface area is 124 Å². The van der Waals surface area contributed by atoms with Crippen molar-refractivity contribution < 1.29 is 17.9 Å². The predicted molar refractivity (Wildman–Crippen MR) is 78.6 cm³/mol. The number of hydrogen-bond donors (Lipinski definition) is 1. The fourth-order valence-electron chi connectivity index (χ4n) is 2.10. The van der Waals surface area contributed by atoms with Gasteiger partial charge in [-0.15, -0.1) is 0 Å². The van der Waals surface area contributed by atoms with Crippen molar-refractivity contribution in [1.29, 1.82) is 0 Å². The summed E-state index contributed by atoms with van der Waals surface area (Å²) in [7, 11) is -1.42. The number of hydrogen-bond acceptors (Lipinski definition) is 5. The SMILES string of the molecule is CNC(CS(C)(=O)=O)c1cc2c(cc1Cl)OCCCO2. The van der Waals surface area contributed by atoms with Crippen molar-refractivity contribution in [1.82, 2.24) is 5.32 Å². The second kappa shape index (κ2) is 6.20. The van der Waals surface area contributed by atoms with Gasteiger partial charge in [0.2, 0.25) is 0 Å². The first-order chi connectivity index (χ1) is 9.40. The van der Waals surface area contributed by atoms with E-state index in [0.29, 0.717) is 35.3 Å². The summed E-state index contributed by atoms with van der Waals surface area (Å²) in [6.07, 6.45) is 2.01. The maximum atomic E-state index is 11.5. The molecular weight excluding hydrogens is 302 g/mol. The van der Waals surface area contributed by atoms with Crippen molar-refractivity contribution >= 4 is 21.4 Å². The van der Waals surface area contributed by atoms with Gasteiger partial charge in [0, 0.05) is 29.8 Å². The van der Waals surface area contributed by atoms with E-state index < -0.39 is 9.84 Å². The lowest BCUT2D eigenvalue weighted by Gasteiger charge is -2.19. The lowest BCUT2D eigenvalue weighted by molar-refractivity contribution is 0.297. The van der Waals surface area contributed by atoms with E-state index in [0.717, 1.165) is 6.42 Å². The van der Waals surface area contributed by atoms with Gasteiger partial charge in [0.25, 0.3) is 0 Å². The highest BCUT2D eigenvalue weighted by atomic mass is 35.5. The van der Waals surface area contributed by atoms with Crippen molar-refractivity contribution in [2.75, 3.05) is 32.3 Å². The van der Waals surface area contributed by atoms with Gasteiger partial charge in [0.1, 0.15) is 9.84 Å². The quantitative estimate of drug-likeness (QED) is 0.917. The Bertz CT molecular complexity index is 588. The zero-order chi connectivity index (χ0) is 14.8. The van der Waals surface area contributed by atoms with Crippen LogP contribution in [0.5, 0.6) is 11.5 Å². The second-order valence-electron chi connectivity index (χ2n) is 4.80. The molecule has 112 valence electrons. The molecular formula is C13H18ClNO4S. The number of benzene rings is 1. The Morgan fingerprint density at radius 1 is 1.30 bits per heavy atom. The summed E-state index contributed by atoms with van der Waals surface area (Å²) < 4.78 is 34.1. The van der Waals surface area contributed by atoms with Crippen LogP contribution < -0.4 is 14.8 Å². The highest BCUT2D eigenvalue weighted by Gasteiger charge is 2.22. The molecule has 1 atom stereocenters. The molecule has 1 N–H and O–H groups in total. The van der Waals surface area contributed by atoms with Crippen LogP contribution >= 0.6 is 11.6 Å². The first-order valence-electron chi connectivity index (χ1n) is 6.35. The van der Waals surface area contributed by atoms with Crippen LogP contribution in [0.25, 0.3) is 0 Å². The highest BCUT2D eigenvalue weighted by Crippen LogP contribution is 2.37. The lowest BCUT2D eigenvalue weighted by atomic mass is 10.1. The number of sulfone groups is 1. The molecule has 1 aromatic carbocycles. The number of rotatable bonds is 4. The Balaban J connectivity index is 2.37. The molecule has 0 fully saturated rings. The van der Waals surface area contributed by atoms with Crippen molar-refractivity contribution in [3.63, 3.8) is 0 Å². The van der Waals surface area contributed by atoms with Crippen molar-refractivity contribution in [3.8, 4) is 11.5 Å². The van der Waals surface area contributed by atoms with E-state index in [1.807, 2.05) is 0 Å². The first-order valence-corrected chi connectivity index (χ1v) is 8.78. The molecule has 1 aliphatic heterocycles. The number of ether oxygens (including phenoxy) is 2. The van der Waals surface area contributed by atoms with Gasteiger partial charge in [-0.1, -0.05) is 11.6 Å². The largest absolute Gasteiger partial charge is 0.490 e. The van der Waals surface area contributed by atoms with E-state index in [1.54, 1.807) is 19.2 Å². The second-order valence-corrected chi connectivity index (χ2v) is 7.40. The fourth-order valence-corrected chi connectivity index (χ4v) is 3.34. The third-order valence-corrected chi connectivity index (χ3v) is 4.33. The Morgan fingerprint density at radius 3 is 2.45 bits per heavy atom. The molecule has 1 aromatic rings. The summed E-state index contributed by atoms with van der Waals surface area (Å²) in [5.74, 6) is 1.18. The van der Waals surface area contributed by atoms with E-state index in [-0.39, 0.29) is 11.8 Å². The fraction of sp³-hybridized carbons (Fsp3) is 0.538. The van der Waals surface area contributed by atoms with Gasteiger partial charge < -0.3 is 14.8 Å². The molecule has 0 aliphatic carbocycles. The van der Waals surface area contributed by atoms with Gasteiger partial charge >= 0.3 is 0 Å². The lowest BCUT2D eigenvalue weighted by Crippen LogP contribution is -2.25. The van der Waals surface area contributed by atoms with Crippen LogP contribution in [0.4, 0.5) is 0 Å². The minimum absolute atomic E-state index is 0.0249. The van der Waals surface area contributed by atoms with Gasteiger partial charge in [-0.25, -0.2) is 8.42 Å². The van der Waals surface area contributed by atoms with Gasteiger partial charge in [0.15, 0.2) is 11.5 Å². The molecule has 0 bridgehead atoms. The minimum Gasteiger partial charge on any atom is -0.490 e. The van der Waals surface area contributed by atoms with E-state index in [2.05, 4.69) is 5.32 Å². The zero-order valence-corrected chi connectivity index (χ0v) is 13.1. The smallest absolute Gasteiger partial charge is 0.162 e. The van der Waals surface area contributed by atoms with E-state index in [9.17, 15) is 8.42 Å². The van der Waals surface area contributed by atoms with Crippen molar-refractivity contribution in [3.05, 3.63) is 22.7 Å². The number of halogens is 1. The number of fused-ring (bicyclic) bond motifs is 1. The maximum Gasteiger partial charge on any atom is 0.162 e. The molecule has 1 unspecified atom stereocenters. The Morgan fingerprint density at radius 2 is 1.90 bits per heavy atom. The minimum atomic E-state index is -3.12. The Kier molecular flexibility index (Phi) is 4.78. The average molecular weight is 320 g/mol. The molecule has 0 aromatic heterocycles. The number of nitrogens with one attached hydrogen (secondary N) is 1. The maximum absolute atomic E-state index is 11.5. The molecule has 7 heteroatoms. The Hall–Kier alpha value is -0.980. The molecule has 1 aliphatic rings. The molecule has 2 rings (SSSR count). The van der Waals surface area contributed by atoms with Crippen molar-refractivity contribution in [2.24, 2.45) is 0 Å². The van der Waals surface area contributed by atoms with Gasteiger partial charge in [-0.05, 0) is 18.7 Å². The molecule has 0 saturated carbocycles. The summed E-state index contributed by atoms with van der Waals surface area (Å²) in [4.78, 5) is 0. The third kappa shape index (κ3) is 3.77. The van der Waals surface area contributed by atoms with Crippen LogP contribution in [0.3, 0.4) is 0 Å². The summed E-state index contributed by atoms with van der Waals surface area (Å²) in [6.45, 7) is 1.16. The summed E-state index contributed by atoms with van der Waals surface area (Å²) >= 11 is 6.25. The van der Waals surface area contributed by atoms with Gasteiger partial charge in [-0.3, -0.25) is 0 Å². The monoisotopic (exact) mass is 319 g/mol. The van der Waals surface area contributed by atoms with E-state index >= 15 is 0 Å². The summed E-state index contributed by atoms with van der Waals surface area (Å²) in [5, 5.41) is 3.45. The van der Waals surface area contributed by atoms with Crippen LogP contribution in [-0.2, 0) is 9.84 Å². The molecule has 0 spiro atoms. The highest BCUT2D eigenvalue weighted by molar-refractivity contribution is 7.90. The third-order valence-electron chi connectivity index (χ3n) is 3.06. The molecule has 0 saturated heterocycles. The molecule has 0 amide bonds. The van der Waals surface area contributed by atoms with E-state index in [1.165, 1.54) is 6.26 Å². The van der Waals surface area contributed by atoms with Crippen molar-refractivity contribution in [2.45, 2.75) is 12.5 Å². The summed E-state index contributed by atoms with van der Waals surface area (Å²) in [5.41, 5.74) is 0.698. The van der Waals surface area contributed by atoms with Gasteiger partial charge in [0.05, 0.1) is 19.0 Å². The zero-order valence-electron chi connectivity index (χ0n) is 11.5. The standard InChI is InChI=1S/C13H18ClNO4S/c1-15-11(8-20(2,16)17)9-6-12-13(7-10(9)14)19-5-3-4-18-12/h6-7,11,15H,3-5,8H2,1-2H3. The van der Waals surface area contributed by atoms with E-state index in [4.69, 9.17) is 21.1 Å². The summed E-state index contributed by atoms with van der Waals surface area (Å²) in [6, 6.07) is 3.06. The van der Waals surface area contributed by atoms with Crippen LogP contribution in [0.1, 0.15) is 18.0 Å². The predicted octanol–water partition coefficient (Wildman–Crippen LogP) is 1.81. The van der Waals surface area contributed by atoms with Gasteiger partial charge in [-0.2, -0.15) is 0 Å². The van der Waals surface area contributed by atoms with Crippen LogP contribution in [-0.4, -0.2) is 40.7 Å². The topological polar surface area (TPSA) is 64.6 Å².